The first kappa shape index (κ1) is 33.0. The van der Waals surface area contributed by atoms with Crippen molar-refractivity contribution < 1.29 is 19.4 Å². The van der Waals surface area contributed by atoms with Gasteiger partial charge in [0.15, 0.2) is 6.29 Å². The Morgan fingerprint density at radius 1 is 0.878 bits per heavy atom. The summed E-state index contributed by atoms with van der Waals surface area (Å²) in [7, 11) is 0. The fourth-order valence-electron chi connectivity index (χ4n) is 7.30. The minimum atomic E-state index is -0.550. The van der Waals surface area contributed by atoms with Crippen LogP contribution in [0.5, 0.6) is 0 Å². The van der Waals surface area contributed by atoms with Crippen molar-refractivity contribution in [1.29, 1.82) is 0 Å². The Morgan fingerprint density at radius 2 is 1.61 bits per heavy atom. The molecule has 5 aromatic rings. The molecule has 1 aromatic heterocycles. The Kier molecular flexibility index (Phi) is 9.77. The van der Waals surface area contributed by atoms with Gasteiger partial charge in [0.2, 0.25) is 5.91 Å². The number of hydrogen-bond acceptors (Lipinski definition) is 6. The third kappa shape index (κ3) is 7.26. The number of nitrogens with zero attached hydrogens (tertiary/aromatic N) is 2. The number of fused-ring (bicyclic) bond motifs is 1. The number of hydrogen-bond donors (Lipinski definition) is 3. The van der Waals surface area contributed by atoms with Crippen molar-refractivity contribution in [3.63, 3.8) is 0 Å². The number of carbonyl (C=O) groups is 1. The summed E-state index contributed by atoms with van der Waals surface area (Å²) in [5, 5.41) is 12.5. The van der Waals surface area contributed by atoms with E-state index in [-0.39, 0.29) is 42.4 Å². The average Bonchev–Trinajstić information content (AvgIpc) is 3.47. The van der Waals surface area contributed by atoms with Crippen LogP contribution in [0.1, 0.15) is 67.4 Å². The van der Waals surface area contributed by atoms with Gasteiger partial charge in [0, 0.05) is 50.6 Å². The third-order valence-electron chi connectivity index (χ3n) is 10.1. The molecule has 7 rings (SSSR count). The van der Waals surface area contributed by atoms with Gasteiger partial charge in [-0.25, -0.2) is 4.79 Å². The van der Waals surface area contributed by atoms with E-state index >= 15 is 0 Å². The first-order valence-electron chi connectivity index (χ1n) is 17.2. The van der Waals surface area contributed by atoms with E-state index in [0.29, 0.717) is 6.54 Å². The van der Waals surface area contributed by atoms with Gasteiger partial charge >= 0.3 is 5.69 Å². The fourth-order valence-corrected chi connectivity index (χ4v) is 7.30. The summed E-state index contributed by atoms with van der Waals surface area (Å²) < 4.78 is 15.4. The number of aromatic amines is 1. The second-order valence-corrected chi connectivity index (χ2v) is 13.4. The molecule has 49 heavy (non-hydrogen) atoms. The highest BCUT2D eigenvalue weighted by molar-refractivity contribution is 5.75. The molecule has 0 spiro atoms. The van der Waals surface area contributed by atoms with Crippen LogP contribution in [-0.2, 0) is 27.4 Å². The number of H-pyrrole nitrogens is 1. The Balaban J connectivity index is 1.08. The van der Waals surface area contributed by atoms with E-state index in [9.17, 15) is 14.7 Å². The number of aromatic nitrogens is 2. The normalized spacial score (nSPS) is 21.9. The van der Waals surface area contributed by atoms with E-state index < -0.39 is 6.29 Å². The van der Waals surface area contributed by atoms with E-state index in [0.717, 1.165) is 76.9 Å². The molecule has 9 nitrogen and oxygen atoms in total. The molecule has 0 bridgehead atoms. The van der Waals surface area contributed by atoms with E-state index in [2.05, 4.69) is 58.5 Å². The minimum absolute atomic E-state index is 0.00115. The Morgan fingerprint density at radius 3 is 2.35 bits per heavy atom. The van der Waals surface area contributed by atoms with Crippen LogP contribution in [0.4, 0.5) is 0 Å². The minimum Gasteiger partial charge on any atom is -0.392 e. The summed E-state index contributed by atoms with van der Waals surface area (Å²) in [6.07, 6.45) is 0.957. The topological polar surface area (TPSA) is 109 Å². The summed E-state index contributed by atoms with van der Waals surface area (Å²) in [6.45, 7) is 6.72. The van der Waals surface area contributed by atoms with Gasteiger partial charge in [0.25, 0.3) is 0 Å². The number of nitrogens with one attached hydrogen (secondary N) is 2. The Bertz CT molecular complexity index is 1940. The maximum atomic E-state index is 12.9. The number of imidazole rings is 1. The van der Waals surface area contributed by atoms with Gasteiger partial charge in [0.05, 0.1) is 29.8 Å². The van der Waals surface area contributed by atoms with Gasteiger partial charge in [-0.2, -0.15) is 0 Å². The van der Waals surface area contributed by atoms with Crippen molar-refractivity contribution in [2.75, 3.05) is 19.6 Å². The summed E-state index contributed by atoms with van der Waals surface area (Å²) >= 11 is 0. The molecule has 2 saturated heterocycles. The van der Waals surface area contributed by atoms with Crippen LogP contribution in [0.15, 0.2) is 102 Å². The zero-order valence-electron chi connectivity index (χ0n) is 28.0. The van der Waals surface area contributed by atoms with E-state index in [4.69, 9.17) is 9.47 Å². The van der Waals surface area contributed by atoms with Crippen LogP contribution in [0.3, 0.4) is 0 Å². The molecule has 2 aliphatic rings. The van der Waals surface area contributed by atoms with Crippen molar-refractivity contribution in [1.82, 2.24) is 19.8 Å². The van der Waals surface area contributed by atoms with Crippen LogP contribution in [-0.4, -0.2) is 51.2 Å². The lowest BCUT2D eigenvalue weighted by Gasteiger charge is -2.44. The molecule has 0 radical (unpaired) electrons. The van der Waals surface area contributed by atoms with Crippen LogP contribution in [0.2, 0.25) is 0 Å². The van der Waals surface area contributed by atoms with Crippen molar-refractivity contribution in [2.24, 2.45) is 5.92 Å². The number of carbonyl (C=O) groups excluding carboxylic acids is 1. The quantitative estimate of drug-likeness (QED) is 0.173. The molecule has 0 aliphatic carbocycles. The second-order valence-electron chi connectivity index (χ2n) is 13.4. The summed E-state index contributed by atoms with van der Waals surface area (Å²) in [5.74, 6) is 0.0278. The lowest BCUT2D eigenvalue weighted by atomic mass is 9.89. The molecule has 3 N–H and O–H groups in total. The lowest BCUT2D eigenvalue weighted by Crippen LogP contribution is -2.47. The van der Waals surface area contributed by atoms with Gasteiger partial charge in [-0.1, -0.05) is 85.8 Å². The standard InChI is InChI=1S/C40H44N4O5/c1-26-37(24-43-20-18-34(19-21-43)44-36-9-4-3-8-35(36)42-40(44)47)48-39(49-38(26)31-12-10-28(25-45)11-13-31)32-16-14-30(15-17-32)33-7-5-6-29(22-33)23-41-27(2)46/h3-17,22,26,34,37-39,45H,18-21,23-25H2,1-2H3,(H,41,46)(H,42,47)/t26-,37+,38+,39+/m0/s1. The van der Waals surface area contributed by atoms with Crippen molar-refractivity contribution >= 4 is 16.9 Å². The number of benzene rings is 4. The van der Waals surface area contributed by atoms with Crippen molar-refractivity contribution in [2.45, 2.75) is 64.4 Å². The predicted octanol–water partition coefficient (Wildman–Crippen LogP) is 6.25. The van der Waals surface area contributed by atoms with Crippen LogP contribution in [0.25, 0.3) is 22.2 Å². The molecule has 2 fully saturated rings. The number of piperidine rings is 1. The average molecular weight is 661 g/mol. The molecule has 254 valence electrons. The fraction of sp³-hybridized carbons (Fsp3) is 0.350. The summed E-state index contributed by atoms with van der Waals surface area (Å²) in [4.78, 5) is 29.7. The molecular weight excluding hydrogens is 616 g/mol. The summed E-state index contributed by atoms with van der Waals surface area (Å²) in [6, 6.07) is 32.6. The van der Waals surface area contributed by atoms with Gasteiger partial charge in [-0.3, -0.25) is 9.36 Å². The molecule has 2 aliphatic heterocycles. The smallest absolute Gasteiger partial charge is 0.326 e. The monoisotopic (exact) mass is 660 g/mol. The van der Waals surface area contributed by atoms with Gasteiger partial charge in [-0.15, -0.1) is 0 Å². The maximum absolute atomic E-state index is 12.9. The lowest BCUT2D eigenvalue weighted by molar-refractivity contribution is -0.276. The predicted molar refractivity (Wildman–Crippen MR) is 190 cm³/mol. The molecule has 0 unspecified atom stereocenters. The number of aliphatic hydroxyl groups excluding tert-OH is 1. The van der Waals surface area contributed by atoms with Crippen LogP contribution < -0.4 is 11.0 Å². The van der Waals surface area contributed by atoms with Gasteiger partial charge in [-0.05, 0) is 58.9 Å². The second kappa shape index (κ2) is 14.5. The third-order valence-corrected chi connectivity index (χ3v) is 10.1. The first-order chi connectivity index (χ1) is 23.9. The van der Waals surface area contributed by atoms with E-state index in [1.54, 1.807) is 0 Å². The molecule has 0 saturated carbocycles. The molecule has 4 atom stereocenters. The van der Waals surface area contributed by atoms with Gasteiger partial charge in [0.1, 0.15) is 0 Å². The highest BCUT2D eigenvalue weighted by Gasteiger charge is 2.39. The SMILES string of the molecule is CC(=O)NCc1cccc(-c2ccc([C@@H]3O[C@H](CN4CCC(n5c(=O)[nH]c6ccccc65)CC4)[C@H](C)[C@H](c4ccc(CO)cc4)O3)cc2)c1. The zero-order chi connectivity index (χ0) is 33.9. The molecule has 9 heteroatoms. The number of amides is 1. The number of para-hydroxylation sites is 2. The van der Waals surface area contributed by atoms with Crippen LogP contribution in [0, 0.1) is 5.92 Å². The largest absolute Gasteiger partial charge is 0.392 e. The molecule has 1 amide bonds. The molecular formula is C40H44N4O5. The van der Waals surface area contributed by atoms with Crippen molar-refractivity contribution in [3.8, 4) is 11.1 Å². The van der Waals surface area contributed by atoms with Crippen molar-refractivity contribution in [3.05, 3.63) is 130 Å². The Hall–Kier alpha value is -4.54. The number of rotatable bonds is 9. The first-order valence-corrected chi connectivity index (χ1v) is 17.2. The highest BCUT2D eigenvalue weighted by Crippen LogP contribution is 2.42. The highest BCUT2D eigenvalue weighted by atomic mass is 16.7. The molecule has 3 heterocycles. The maximum Gasteiger partial charge on any atom is 0.326 e. The van der Waals surface area contributed by atoms with Gasteiger partial charge < -0.3 is 29.8 Å². The number of aliphatic hydroxyl groups is 1. The zero-order valence-corrected chi connectivity index (χ0v) is 28.0. The number of likely N-dealkylation sites (tertiary alicyclic amines) is 1. The Labute approximate surface area is 286 Å². The summed E-state index contributed by atoms with van der Waals surface area (Å²) in [5.41, 5.74) is 7.88. The van der Waals surface area contributed by atoms with E-state index in [1.165, 1.54) is 6.92 Å². The molecule has 4 aromatic carbocycles. The van der Waals surface area contributed by atoms with Crippen LogP contribution >= 0.6 is 0 Å². The van der Waals surface area contributed by atoms with E-state index in [1.807, 2.05) is 65.2 Å². The number of ether oxygens (including phenoxy) is 2.